The molecular weight excluding hydrogens is 597 g/mol. The van der Waals surface area contributed by atoms with Crippen molar-refractivity contribution in [3.63, 3.8) is 0 Å². The van der Waals surface area contributed by atoms with Crippen LogP contribution in [0.2, 0.25) is 0 Å². The molecule has 2 aliphatic heterocycles. The Labute approximate surface area is 264 Å². The van der Waals surface area contributed by atoms with E-state index >= 15 is 0 Å². The summed E-state index contributed by atoms with van der Waals surface area (Å²) in [4.78, 5) is 24.4. The Morgan fingerprint density at radius 2 is 1.80 bits per heavy atom. The normalized spacial score (nSPS) is 21.2. The number of carbonyl (C=O) groups excluding carboxylic acids is 1. The van der Waals surface area contributed by atoms with Crippen LogP contribution in [-0.4, -0.2) is 65.5 Å². The van der Waals surface area contributed by atoms with Crippen LogP contribution in [-0.2, 0) is 21.4 Å². The van der Waals surface area contributed by atoms with Gasteiger partial charge in [-0.05, 0) is 104 Å². The van der Waals surface area contributed by atoms with Crippen molar-refractivity contribution in [1.82, 2.24) is 15.1 Å². The van der Waals surface area contributed by atoms with Crippen molar-refractivity contribution in [2.75, 3.05) is 32.6 Å². The van der Waals surface area contributed by atoms with Gasteiger partial charge in [-0.2, -0.15) is 18.3 Å². The first-order valence-corrected chi connectivity index (χ1v) is 15.2. The summed E-state index contributed by atoms with van der Waals surface area (Å²) in [5.74, 6) is -0.948. The van der Waals surface area contributed by atoms with Gasteiger partial charge in [0.1, 0.15) is 5.75 Å². The number of methoxy groups -OCH3 is 1. The van der Waals surface area contributed by atoms with Crippen molar-refractivity contribution in [3.05, 3.63) is 88.6 Å². The van der Waals surface area contributed by atoms with Crippen molar-refractivity contribution in [3.8, 4) is 5.75 Å². The zero-order valence-corrected chi connectivity index (χ0v) is 25.5. The summed E-state index contributed by atoms with van der Waals surface area (Å²) in [6.07, 6.45) is 3.69. The minimum Gasteiger partial charge on any atom is -0.497 e. The fourth-order valence-electron chi connectivity index (χ4n) is 6.64. The number of fused-ring (bicyclic) bond motifs is 3. The molecule has 1 amide bonds. The molecule has 1 aromatic heterocycles. The maximum Gasteiger partial charge on any atom is 0.490 e. The van der Waals surface area contributed by atoms with E-state index in [1.807, 2.05) is 18.2 Å². The van der Waals surface area contributed by atoms with Crippen molar-refractivity contribution in [1.29, 1.82) is 0 Å². The lowest BCUT2D eigenvalue weighted by Gasteiger charge is -2.28. The van der Waals surface area contributed by atoms with Crippen LogP contribution in [0.25, 0.3) is 23.1 Å². The van der Waals surface area contributed by atoms with Crippen LogP contribution in [0.4, 0.5) is 18.9 Å². The van der Waals surface area contributed by atoms with Gasteiger partial charge < -0.3 is 20.1 Å². The number of hydrogen-bond acceptors (Lipinski definition) is 5. The molecule has 3 N–H and O–H groups in total. The molecule has 8 nitrogen and oxygen atoms in total. The highest BCUT2D eigenvalue weighted by Gasteiger charge is 2.65. The molecule has 2 atom stereocenters. The van der Waals surface area contributed by atoms with Crippen LogP contribution < -0.4 is 10.1 Å². The summed E-state index contributed by atoms with van der Waals surface area (Å²) in [5.41, 5.74) is 7.12. The molecule has 46 heavy (non-hydrogen) atoms. The van der Waals surface area contributed by atoms with Crippen molar-refractivity contribution in [2.45, 2.75) is 43.2 Å². The van der Waals surface area contributed by atoms with E-state index in [1.165, 1.54) is 43.5 Å². The lowest BCUT2D eigenvalue weighted by Crippen LogP contribution is -2.30. The molecule has 2 fully saturated rings. The number of alkyl halides is 3. The standard InChI is InChI=1S/C33H34N4O2.C2HF3O2/c1-37-15-13-23(14-16-37)17-22-5-3-21(4-6-22)7-11-29-26-10-8-24(18-31(26)36-35-29)28-20-33(28)27-19-25(39-2)9-12-30(27)34-32(33)38;3-2(4,5)1(6)7/h3-12,18-19,23,28H,13-17,20H2,1-2H3,(H,34,38)(H,35,36);(H,6,7)/t28-,33-;/m0./s1. The zero-order valence-electron chi connectivity index (χ0n) is 25.5. The van der Waals surface area contributed by atoms with Gasteiger partial charge in [0.15, 0.2) is 0 Å². The number of rotatable bonds is 6. The SMILES string of the molecule is COc1ccc2c(c1)[C@]1(C[C@H]1c1ccc3c(C=Cc4ccc(CC5CCN(C)CC5)cc4)n[nH]c3c1)C(=O)N2.O=C(O)C(F)(F)F. The summed E-state index contributed by atoms with van der Waals surface area (Å²) in [5, 5.41) is 19.1. The number of nitrogens with one attached hydrogen (secondary N) is 2. The predicted octanol–water partition coefficient (Wildman–Crippen LogP) is 6.64. The molecule has 3 aliphatic rings. The van der Waals surface area contributed by atoms with Crippen LogP contribution in [0.5, 0.6) is 5.75 Å². The number of piperidine rings is 1. The fraction of sp³-hybridized carbons (Fsp3) is 0.343. The van der Waals surface area contributed by atoms with E-state index in [2.05, 4.69) is 82.1 Å². The van der Waals surface area contributed by atoms with Crippen molar-refractivity contribution >= 4 is 40.6 Å². The molecule has 240 valence electrons. The van der Waals surface area contributed by atoms with E-state index in [9.17, 15) is 18.0 Å². The third kappa shape index (κ3) is 6.24. The second-order valence-corrected chi connectivity index (χ2v) is 12.3. The molecule has 1 saturated carbocycles. The van der Waals surface area contributed by atoms with Crippen molar-refractivity contribution in [2.24, 2.45) is 5.92 Å². The highest BCUT2D eigenvalue weighted by Crippen LogP contribution is 2.65. The van der Waals surface area contributed by atoms with E-state index < -0.39 is 17.6 Å². The van der Waals surface area contributed by atoms with Crippen LogP contribution in [0, 0.1) is 5.92 Å². The molecule has 3 heterocycles. The number of H-pyrrole nitrogens is 1. The number of aromatic amines is 1. The van der Waals surface area contributed by atoms with E-state index in [1.54, 1.807) is 7.11 Å². The number of carboxylic acid groups (broad SMARTS) is 1. The second kappa shape index (κ2) is 12.3. The maximum absolute atomic E-state index is 13.0. The van der Waals surface area contributed by atoms with Crippen molar-refractivity contribution < 1.29 is 32.6 Å². The molecule has 1 aliphatic carbocycles. The van der Waals surface area contributed by atoms with Gasteiger partial charge in [-0.3, -0.25) is 9.89 Å². The van der Waals surface area contributed by atoms with Gasteiger partial charge in [0.25, 0.3) is 0 Å². The number of nitrogens with zero attached hydrogens (tertiary/aromatic N) is 2. The molecule has 1 spiro atoms. The summed E-state index contributed by atoms with van der Waals surface area (Å²) in [6.45, 7) is 2.43. The number of halogens is 3. The Balaban J connectivity index is 0.000000480. The van der Waals surface area contributed by atoms with Gasteiger partial charge in [0.2, 0.25) is 5.91 Å². The fourth-order valence-corrected chi connectivity index (χ4v) is 6.64. The number of carbonyl (C=O) groups is 2. The lowest BCUT2D eigenvalue weighted by molar-refractivity contribution is -0.192. The molecular formula is C35H35F3N4O4. The van der Waals surface area contributed by atoms with Gasteiger partial charge in [0, 0.05) is 17.0 Å². The number of anilines is 1. The summed E-state index contributed by atoms with van der Waals surface area (Å²) in [7, 11) is 3.88. The summed E-state index contributed by atoms with van der Waals surface area (Å²) < 4.78 is 37.2. The number of carboxylic acids is 1. The van der Waals surface area contributed by atoms with E-state index in [0.717, 1.165) is 51.5 Å². The third-order valence-corrected chi connectivity index (χ3v) is 9.36. The van der Waals surface area contributed by atoms with Crippen LogP contribution in [0.1, 0.15) is 53.1 Å². The number of aromatic nitrogens is 2. The predicted molar refractivity (Wildman–Crippen MR) is 170 cm³/mol. The molecule has 3 aromatic carbocycles. The highest BCUT2D eigenvalue weighted by atomic mass is 19.4. The van der Waals surface area contributed by atoms with Gasteiger partial charge >= 0.3 is 12.1 Å². The Morgan fingerprint density at radius 1 is 1.09 bits per heavy atom. The largest absolute Gasteiger partial charge is 0.497 e. The van der Waals surface area contributed by atoms with E-state index in [0.29, 0.717) is 0 Å². The van der Waals surface area contributed by atoms with Gasteiger partial charge in [0.05, 0.1) is 23.7 Å². The minimum atomic E-state index is -5.08. The number of aliphatic carboxylic acids is 1. The number of benzene rings is 3. The molecule has 1 saturated heterocycles. The average Bonchev–Trinajstić information content (AvgIpc) is 3.58. The summed E-state index contributed by atoms with van der Waals surface area (Å²) >= 11 is 0. The quantitative estimate of drug-likeness (QED) is 0.220. The first-order valence-electron chi connectivity index (χ1n) is 15.2. The van der Waals surface area contributed by atoms with E-state index in [4.69, 9.17) is 14.6 Å². The maximum atomic E-state index is 13.0. The zero-order chi connectivity index (χ0) is 32.6. The van der Waals surface area contributed by atoms with Gasteiger partial charge in [-0.1, -0.05) is 42.5 Å². The lowest BCUT2D eigenvalue weighted by atomic mass is 9.90. The molecule has 7 rings (SSSR count). The molecule has 0 bridgehead atoms. The molecule has 11 heteroatoms. The van der Waals surface area contributed by atoms with Gasteiger partial charge in [-0.15, -0.1) is 0 Å². The molecule has 4 aromatic rings. The third-order valence-electron chi connectivity index (χ3n) is 9.36. The highest BCUT2D eigenvalue weighted by molar-refractivity contribution is 6.10. The number of likely N-dealkylation sites (tertiary alicyclic amines) is 1. The average molecular weight is 633 g/mol. The number of hydrogen-bond donors (Lipinski definition) is 3. The van der Waals surface area contributed by atoms with Gasteiger partial charge in [-0.25, -0.2) is 4.79 Å². The first-order chi connectivity index (χ1) is 22.0. The Hall–Kier alpha value is -4.64. The van der Waals surface area contributed by atoms with E-state index in [-0.39, 0.29) is 11.8 Å². The van der Waals surface area contributed by atoms with Crippen LogP contribution in [0.15, 0.2) is 60.7 Å². The Bertz CT molecular complexity index is 1790. The molecule has 0 unspecified atom stereocenters. The Morgan fingerprint density at radius 3 is 2.48 bits per heavy atom. The second-order valence-electron chi connectivity index (χ2n) is 12.3. The monoisotopic (exact) mass is 632 g/mol. The Kier molecular flexibility index (Phi) is 8.37. The topological polar surface area (TPSA) is 108 Å². The smallest absolute Gasteiger partial charge is 0.490 e. The molecule has 0 radical (unpaired) electrons. The van der Waals surface area contributed by atoms with Crippen LogP contribution >= 0.6 is 0 Å². The minimum absolute atomic E-state index is 0.0847. The first kappa shape index (κ1) is 31.3. The summed E-state index contributed by atoms with van der Waals surface area (Å²) in [6, 6.07) is 21.2. The number of amides is 1. The number of ether oxygens (including phenoxy) is 1. The van der Waals surface area contributed by atoms with Crippen LogP contribution in [0.3, 0.4) is 0 Å².